The second kappa shape index (κ2) is 7.14. The van der Waals surface area contributed by atoms with Crippen LogP contribution in [0.25, 0.3) is 0 Å². The molecule has 1 aliphatic rings. The Balaban J connectivity index is 1.80. The van der Waals surface area contributed by atoms with Crippen LogP contribution in [0.4, 0.5) is 5.69 Å². The fourth-order valence-electron chi connectivity index (χ4n) is 2.67. The van der Waals surface area contributed by atoms with Gasteiger partial charge in [-0.25, -0.2) is 4.98 Å². The summed E-state index contributed by atoms with van der Waals surface area (Å²) in [5.74, 6) is 1.22. The van der Waals surface area contributed by atoms with Crippen molar-refractivity contribution in [3.63, 3.8) is 0 Å². The first-order valence-electron chi connectivity index (χ1n) is 7.90. The van der Waals surface area contributed by atoms with E-state index in [1.54, 1.807) is 43.3 Å². The van der Waals surface area contributed by atoms with Crippen LogP contribution in [0.15, 0.2) is 47.6 Å². The fraction of sp³-hybridized carbons (Fsp3) is 0.278. The van der Waals surface area contributed by atoms with Crippen LogP contribution in [0.1, 0.15) is 29.3 Å². The number of nitrogens with one attached hydrogen (secondary N) is 1. The van der Waals surface area contributed by atoms with Gasteiger partial charge in [-0.2, -0.15) is 0 Å². The number of methoxy groups -OCH3 is 1. The molecule has 1 atom stereocenters. The number of ether oxygens (including phenoxy) is 1. The molecule has 3 rings (SSSR count). The minimum absolute atomic E-state index is 0.195. The van der Waals surface area contributed by atoms with Gasteiger partial charge in [-0.15, -0.1) is 0 Å². The van der Waals surface area contributed by atoms with E-state index in [4.69, 9.17) is 10.5 Å². The van der Waals surface area contributed by atoms with E-state index < -0.39 is 5.54 Å². The molecule has 0 saturated carbocycles. The number of pyridine rings is 1. The first-order chi connectivity index (χ1) is 12.0. The SMILES string of the molecule is COc1ccc(NC(=O)c2cccc(C3(C)CCSC(N)=N3)c2)cn1. The Kier molecular flexibility index (Phi) is 4.94. The van der Waals surface area contributed by atoms with Crippen LogP contribution in [-0.2, 0) is 5.54 Å². The molecule has 0 aliphatic carbocycles. The van der Waals surface area contributed by atoms with Gasteiger partial charge in [0.1, 0.15) is 0 Å². The van der Waals surface area contributed by atoms with E-state index in [0.29, 0.717) is 22.3 Å². The molecule has 2 aromatic rings. The molecule has 0 fully saturated rings. The van der Waals surface area contributed by atoms with E-state index >= 15 is 0 Å². The average molecular weight is 356 g/mol. The third kappa shape index (κ3) is 3.93. The van der Waals surface area contributed by atoms with Gasteiger partial charge in [0.25, 0.3) is 5.91 Å². The van der Waals surface area contributed by atoms with Gasteiger partial charge in [0.2, 0.25) is 5.88 Å². The molecule has 2 heterocycles. The molecule has 1 aromatic heterocycles. The van der Waals surface area contributed by atoms with Crippen LogP contribution in [0.2, 0.25) is 0 Å². The van der Waals surface area contributed by atoms with Crippen LogP contribution in [0.3, 0.4) is 0 Å². The van der Waals surface area contributed by atoms with Gasteiger partial charge in [0, 0.05) is 17.4 Å². The van der Waals surface area contributed by atoms with Crippen LogP contribution in [-0.4, -0.2) is 28.9 Å². The van der Waals surface area contributed by atoms with E-state index in [1.807, 2.05) is 25.1 Å². The Morgan fingerprint density at radius 2 is 2.20 bits per heavy atom. The highest BCUT2D eigenvalue weighted by Gasteiger charge is 2.29. The molecule has 0 bridgehead atoms. The summed E-state index contributed by atoms with van der Waals surface area (Å²) in [6, 6.07) is 11.0. The van der Waals surface area contributed by atoms with Crippen LogP contribution >= 0.6 is 11.8 Å². The zero-order valence-electron chi connectivity index (χ0n) is 14.2. The molecule has 1 aromatic carbocycles. The third-order valence-electron chi connectivity index (χ3n) is 4.15. The van der Waals surface area contributed by atoms with Crippen LogP contribution < -0.4 is 15.8 Å². The van der Waals surface area contributed by atoms with Gasteiger partial charge in [-0.05, 0) is 37.1 Å². The summed E-state index contributed by atoms with van der Waals surface area (Å²) < 4.78 is 5.01. The fourth-order valence-corrected chi connectivity index (χ4v) is 3.64. The Hall–Kier alpha value is -2.54. The number of anilines is 1. The number of hydrogen-bond acceptors (Lipinski definition) is 6. The van der Waals surface area contributed by atoms with E-state index in [0.717, 1.165) is 17.7 Å². The molecule has 130 valence electrons. The predicted molar refractivity (Wildman–Crippen MR) is 101 cm³/mol. The molecule has 3 N–H and O–H groups in total. The number of rotatable bonds is 4. The van der Waals surface area contributed by atoms with Gasteiger partial charge >= 0.3 is 0 Å². The summed E-state index contributed by atoms with van der Waals surface area (Å²) in [5, 5.41) is 3.43. The van der Waals surface area contributed by atoms with E-state index in [9.17, 15) is 4.79 Å². The highest BCUT2D eigenvalue weighted by Crippen LogP contribution is 2.35. The second-order valence-electron chi connectivity index (χ2n) is 5.95. The number of aliphatic imine (C=N–C) groups is 1. The summed E-state index contributed by atoms with van der Waals surface area (Å²) in [4.78, 5) is 21.2. The first kappa shape index (κ1) is 17.3. The number of benzene rings is 1. The minimum atomic E-state index is -0.396. The largest absolute Gasteiger partial charge is 0.481 e. The Labute approximate surface area is 150 Å². The lowest BCUT2D eigenvalue weighted by Gasteiger charge is -2.30. The number of nitrogens with two attached hydrogens (primary N) is 1. The molecule has 0 saturated heterocycles. The van der Waals surface area contributed by atoms with Gasteiger partial charge in [-0.1, -0.05) is 23.9 Å². The number of carbonyl (C=O) groups is 1. The van der Waals surface area contributed by atoms with Crippen molar-refractivity contribution in [3.8, 4) is 5.88 Å². The lowest BCUT2D eigenvalue weighted by atomic mass is 9.88. The first-order valence-corrected chi connectivity index (χ1v) is 8.89. The molecular weight excluding hydrogens is 336 g/mol. The Morgan fingerprint density at radius 1 is 1.36 bits per heavy atom. The van der Waals surface area contributed by atoms with E-state index in [-0.39, 0.29) is 5.91 Å². The number of aromatic nitrogens is 1. The highest BCUT2D eigenvalue weighted by atomic mass is 32.2. The molecule has 1 unspecified atom stereocenters. The summed E-state index contributed by atoms with van der Waals surface area (Å²) >= 11 is 1.56. The number of carbonyl (C=O) groups excluding carboxylic acids is 1. The molecule has 0 radical (unpaired) electrons. The van der Waals surface area contributed by atoms with Crippen LogP contribution in [0.5, 0.6) is 5.88 Å². The highest BCUT2D eigenvalue weighted by molar-refractivity contribution is 8.13. The minimum Gasteiger partial charge on any atom is -0.481 e. The van der Waals surface area contributed by atoms with Crippen molar-refractivity contribution in [1.29, 1.82) is 0 Å². The predicted octanol–water partition coefficient (Wildman–Crippen LogP) is 3.01. The van der Waals surface area contributed by atoms with E-state index in [1.165, 1.54) is 0 Å². The number of nitrogens with zero attached hydrogens (tertiary/aromatic N) is 2. The monoisotopic (exact) mass is 356 g/mol. The van der Waals surface area contributed by atoms with E-state index in [2.05, 4.69) is 15.3 Å². The molecule has 0 spiro atoms. The van der Waals surface area contributed by atoms with Crippen LogP contribution in [0, 0.1) is 0 Å². The topological polar surface area (TPSA) is 89.6 Å². The molecule has 1 amide bonds. The maximum Gasteiger partial charge on any atom is 0.255 e. The van der Waals surface area contributed by atoms with Crippen molar-refractivity contribution in [2.45, 2.75) is 18.9 Å². The summed E-state index contributed by atoms with van der Waals surface area (Å²) in [5.41, 5.74) is 7.66. The van der Waals surface area contributed by atoms with Gasteiger partial charge in [0.05, 0.1) is 24.5 Å². The Morgan fingerprint density at radius 3 is 2.88 bits per heavy atom. The maximum absolute atomic E-state index is 12.5. The number of amides is 1. The molecule has 1 aliphatic heterocycles. The molecule has 25 heavy (non-hydrogen) atoms. The van der Waals surface area contributed by atoms with Crippen molar-refractivity contribution in [3.05, 3.63) is 53.7 Å². The molecular formula is C18H20N4O2S. The Bertz CT molecular complexity index is 807. The number of hydrogen-bond donors (Lipinski definition) is 2. The standard InChI is InChI=1S/C18H20N4O2S/c1-18(8-9-25-17(19)22-18)13-5-3-4-12(10-13)16(23)21-14-6-7-15(24-2)20-11-14/h3-7,10-11H,8-9H2,1-2H3,(H2,19,22)(H,21,23). The third-order valence-corrected chi connectivity index (χ3v) is 4.94. The zero-order valence-corrected chi connectivity index (χ0v) is 15.0. The second-order valence-corrected chi connectivity index (χ2v) is 7.06. The average Bonchev–Trinajstić information content (AvgIpc) is 2.62. The number of amidine groups is 1. The maximum atomic E-state index is 12.5. The molecule has 6 nitrogen and oxygen atoms in total. The van der Waals surface area contributed by atoms with Crippen molar-refractivity contribution >= 4 is 28.5 Å². The quantitative estimate of drug-likeness (QED) is 0.879. The van der Waals surface area contributed by atoms with Crippen molar-refractivity contribution < 1.29 is 9.53 Å². The van der Waals surface area contributed by atoms with Crippen molar-refractivity contribution in [1.82, 2.24) is 4.98 Å². The summed E-state index contributed by atoms with van der Waals surface area (Å²) in [6.45, 7) is 2.05. The van der Waals surface area contributed by atoms with Gasteiger partial charge in [0.15, 0.2) is 5.17 Å². The normalized spacial score (nSPS) is 19.8. The van der Waals surface area contributed by atoms with Crippen molar-refractivity contribution in [2.75, 3.05) is 18.2 Å². The van der Waals surface area contributed by atoms with Gasteiger partial charge in [-0.3, -0.25) is 9.79 Å². The van der Waals surface area contributed by atoms with Gasteiger partial charge < -0.3 is 15.8 Å². The lowest BCUT2D eigenvalue weighted by Crippen LogP contribution is -2.29. The summed E-state index contributed by atoms with van der Waals surface area (Å²) in [7, 11) is 1.55. The van der Waals surface area contributed by atoms with Crippen molar-refractivity contribution in [2.24, 2.45) is 10.7 Å². The lowest BCUT2D eigenvalue weighted by molar-refractivity contribution is 0.102. The zero-order chi connectivity index (χ0) is 17.9. The molecule has 7 heteroatoms. The number of thioether (sulfide) groups is 1. The smallest absolute Gasteiger partial charge is 0.255 e. The summed E-state index contributed by atoms with van der Waals surface area (Å²) in [6.07, 6.45) is 2.44.